The van der Waals surface area contributed by atoms with Crippen molar-refractivity contribution < 1.29 is 5.11 Å². The van der Waals surface area contributed by atoms with E-state index >= 15 is 0 Å². The molecule has 0 aliphatic heterocycles. The Balaban J connectivity index is 2.57. The summed E-state index contributed by atoms with van der Waals surface area (Å²) in [6.07, 6.45) is 2.00. The van der Waals surface area contributed by atoms with E-state index in [9.17, 15) is 0 Å². The fraction of sp³-hybridized carbons (Fsp3) is 0.571. The van der Waals surface area contributed by atoms with Crippen LogP contribution in [0.2, 0.25) is 0 Å². The molecule has 0 aromatic heterocycles. The van der Waals surface area contributed by atoms with E-state index in [0.29, 0.717) is 12.5 Å². The minimum absolute atomic E-state index is 0.171. The van der Waals surface area contributed by atoms with Gasteiger partial charge in [0.15, 0.2) is 0 Å². The number of nitrogens with two attached hydrogens (primary N) is 1. The molecule has 90 valence electrons. The van der Waals surface area contributed by atoms with Crippen LogP contribution in [0.4, 0.5) is 0 Å². The molecule has 3 N–H and O–H groups in total. The number of aliphatic hydroxyl groups is 1. The van der Waals surface area contributed by atoms with Crippen LogP contribution in [0.1, 0.15) is 25.0 Å². The predicted octanol–water partition coefficient (Wildman–Crippen LogP) is 1.99. The van der Waals surface area contributed by atoms with E-state index in [0.717, 1.165) is 12.8 Å². The topological polar surface area (TPSA) is 46.2 Å². The van der Waals surface area contributed by atoms with Gasteiger partial charge in [-0.25, -0.2) is 0 Å². The third-order valence-electron chi connectivity index (χ3n) is 2.78. The lowest BCUT2D eigenvalue weighted by Gasteiger charge is -2.12. The van der Waals surface area contributed by atoms with Crippen molar-refractivity contribution in [1.82, 2.24) is 0 Å². The maximum atomic E-state index is 9.08. The highest BCUT2D eigenvalue weighted by Crippen LogP contribution is 2.12. The number of benzene rings is 1. The Bertz CT molecular complexity index is 288. The summed E-state index contributed by atoms with van der Waals surface area (Å²) in [6.45, 7) is 5.17. The molecule has 1 aromatic carbocycles. The van der Waals surface area contributed by atoms with Crippen molar-refractivity contribution in [2.24, 2.45) is 17.6 Å². The molecule has 0 radical (unpaired) electrons. The fourth-order valence-electron chi connectivity index (χ4n) is 1.84. The van der Waals surface area contributed by atoms with Crippen LogP contribution in [0.5, 0.6) is 0 Å². The highest BCUT2D eigenvalue weighted by molar-refractivity contribution is 5.23. The number of rotatable bonds is 6. The number of hydrogen-bond acceptors (Lipinski definition) is 2. The summed E-state index contributed by atoms with van der Waals surface area (Å²) >= 11 is 0. The molecule has 1 unspecified atom stereocenters. The van der Waals surface area contributed by atoms with Gasteiger partial charge in [0.1, 0.15) is 0 Å². The molecule has 0 saturated carbocycles. The summed E-state index contributed by atoms with van der Waals surface area (Å²) in [5, 5.41) is 9.08. The van der Waals surface area contributed by atoms with Gasteiger partial charge in [-0.15, -0.1) is 0 Å². The van der Waals surface area contributed by atoms with E-state index in [-0.39, 0.29) is 12.5 Å². The first-order chi connectivity index (χ1) is 7.65. The van der Waals surface area contributed by atoms with Crippen molar-refractivity contribution in [3.8, 4) is 0 Å². The average molecular weight is 221 g/mol. The van der Waals surface area contributed by atoms with Crippen molar-refractivity contribution in [3.63, 3.8) is 0 Å². The Labute approximate surface area is 98.5 Å². The van der Waals surface area contributed by atoms with E-state index in [1.54, 1.807) is 0 Å². The van der Waals surface area contributed by atoms with Crippen LogP contribution in [0, 0.1) is 11.8 Å². The second kappa shape index (κ2) is 6.66. The normalized spacial score (nSPS) is 13.1. The van der Waals surface area contributed by atoms with Crippen molar-refractivity contribution in [2.75, 3.05) is 13.2 Å². The third kappa shape index (κ3) is 4.33. The molecular formula is C14H23NO. The number of hydrogen-bond donors (Lipinski definition) is 2. The van der Waals surface area contributed by atoms with E-state index in [1.807, 2.05) is 0 Å². The van der Waals surface area contributed by atoms with Gasteiger partial charge in [0, 0.05) is 6.61 Å². The van der Waals surface area contributed by atoms with E-state index < -0.39 is 0 Å². The monoisotopic (exact) mass is 221 g/mol. The fourth-order valence-corrected chi connectivity index (χ4v) is 1.84. The van der Waals surface area contributed by atoms with Crippen LogP contribution >= 0.6 is 0 Å². The zero-order valence-electron chi connectivity index (χ0n) is 10.3. The molecular weight excluding hydrogens is 198 g/mol. The Kier molecular flexibility index (Phi) is 5.50. The molecule has 0 heterocycles. The van der Waals surface area contributed by atoms with Crippen LogP contribution < -0.4 is 5.73 Å². The summed E-state index contributed by atoms with van der Waals surface area (Å²) in [4.78, 5) is 0. The first-order valence-corrected chi connectivity index (χ1v) is 6.04. The van der Waals surface area contributed by atoms with Gasteiger partial charge in [-0.2, -0.15) is 0 Å². The molecule has 2 nitrogen and oxygen atoms in total. The molecule has 1 atom stereocenters. The summed E-state index contributed by atoms with van der Waals surface area (Å²) in [5.41, 5.74) is 8.21. The van der Waals surface area contributed by atoms with Gasteiger partial charge in [-0.05, 0) is 42.3 Å². The van der Waals surface area contributed by atoms with Gasteiger partial charge < -0.3 is 10.8 Å². The van der Waals surface area contributed by atoms with Gasteiger partial charge in [0.2, 0.25) is 0 Å². The Morgan fingerprint density at radius 2 is 1.56 bits per heavy atom. The Hall–Kier alpha value is -0.860. The lowest BCUT2D eigenvalue weighted by atomic mass is 9.97. The standard InChI is InChI=1S/C14H23NO/c1-11(2)7-12-3-5-13(6-4-12)8-14(9-15)10-16/h3-6,11,14,16H,7-10,15H2,1-2H3. The van der Waals surface area contributed by atoms with Gasteiger partial charge in [0.25, 0.3) is 0 Å². The maximum absolute atomic E-state index is 9.08. The maximum Gasteiger partial charge on any atom is 0.0474 e. The zero-order chi connectivity index (χ0) is 12.0. The van der Waals surface area contributed by atoms with Gasteiger partial charge in [-0.1, -0.05) is 38.1 Å². The molecule has 16 heavy (non-hydrogen) atoms. The highest BCUT2D eigenvalue weighted by atomic mass is 16.3. The van der Waals surface area contributed by atoms with Gasteiger partial charge >= 0.3 is 0 Å². The minimum atomic E-state index is 0.171. The Morgan fingerprint density at radius 1 is 1.06 bits per heavy atom. The second-order valence-corrected chi connectivity index (χ2v) is 4.90. The highest BCUT2D eigenvalue weighted by Gasteiger charge is 2.06. The van der Waals surface area contributed by atoms with Crippen molar-refractivity contribution >= 4 is 0 Å². The minimum Gasteiger partial charge on any atom is -0.396 e. The summed E-state index contributed by atoms with van der Waals surface area (Å²) in [5.74, 6) is 0.885. The first kappa shape index (κ1) is 13.2. The Morgan fingerprint density at radius 3 is 1.94 bits per heavy atom. The largest absolute Gasteiger partial charge is 0.396 e. The van der Waals surface area contributed by atoms with Crippen LogP contribution in [-0.2, 0) is 12.8 Å². The quantitative estimate of drug-likeness (QED) is 0.771. The molecule has 1 rings (SSSR count). The zero-order valence-corrected chi connectivity index (χ0v) is 10.3. The second-order valence-electron chi connectivity index (χ2n) is 4.90. The molecule has 0 spiro atoms. The summed E-state index contributed by atoms with van der Waals surface area (Å²) < 4.78 is 0. The molecule has 0 aliphatic rings. The number of aliphatic hydroxyl groups excluding tert-OH is 1. The molecule has 0 bridgehead atoms. The molecule has 1 aromatic rings. The lowest BCUT2D eigenvalue weighted by Crippen LogP contribution is -2.20. The third-order valence-corrected chi connectivity index (χ3v) is 2.78. The van der Waals surface area contributed by atoms with Crippen LogP contribution in [0.3, 0.4) is 0 Å². The van der Waals surface area contributed by atoms with Crippen LogP contribution in [0.15, 0.2) is 24.3 Å². The molecule has 0 fully saturated rings. The van der Waals surface area contributed by atoms with Crippen LogP contribution in [-0.4, -0.2) is 18.3 Å². The van der Waals surface area contributed by atoms with Crippen LogP contribution in [0.25, 0.3) is 0 Å². The van der Waals surface area contributed by atoms with Crippen molar-refractivity contribution in [2.45, 2.75) is 26.7 Å². The first-order valence-electron chi connectivity index (χ1n) is 6.04. The van der Waals surface area contributed by atoms with E-state index in [2.05, 4.69) is 38.1 Å². The summed E-state index contributed by atoms with van der Waals surface area (Å²) in [6, 6.07) is 8.66. The van der Waals surface area contributed by atoms with E-state index in [4.69, 9.17) is 10.8 Å². The van der Waals surface area contributed by atoms with Gasteiger partial charge in [0.05, 0.1) is 0 Å². The predicted molar refractivity (Wildman–Crippen MR) is 68.3 cm³/mol. The molecule has 2 heteroatoms. The smallest absolute Gasteiger partial charge is 0.0474 e. The molecule has 0 aliphatic carbocycles. The molecule has 0 amide bonds. The lowest BCUT2D eigenvalue weighted by molar-refractivity contribution is 0.230. The summed E-state index contributed by atoms with van der Waals surface area (Å²) in [7, 11) is 0. The van der Waals surface area contributed by atoms with E-state index in [1.165, 1.54) is 11.1 Å². The van der Waals surface area contributed by atoms with Gasteiger partial charge in [-0.3, -0.25) is 0 Å². The van der Waals surface area contributed by atoms with Crippen molar-refractivity contribution in [1.29, 1.82) is 0 Å². The average Bonchev–Trinajstić information content (AvgIpc) is 2.27. The van der Waals surface area contributed by atoms with Crippen molar-refractivity contribution in [3.05, 3.63) is 35.4 Å². The molecule has 0 saturated heterocycles. The SMILES string of the molecule is CC(C)Cc1ccc(CC(CN)CO)cc1.